The first-order valence-electron chi connectivity index (χ1n) is 5.71. The Morgan fingerprint density at radius 1 is 1.45 bits per heavy atom. The van der Waals surface area contributed by atoms with E-state index >= 15 is 0 Å². The van der Waals surface area contributed by atoms with Crippen molar-refractivity contribution in [2.24, 2.45) is 0 Å². The molecule has 0 spiro atoms. The molecule has 5 nitrogen and oxygen atoms in total. The average molecular weight is 288 g/mol. The van der Waals surface area contributed by atoms with Crippen LogP contribution < -0.4 is 10.1 Å². The summed E-state index contributed by atoms with van der Waals surface area (Å²) in [6, 6.07) is 10.2. The molecule has 0 saturated carbocycles. The summed E-state index contributed by atoms with van der Waals surface area (Å²) in [6.45, 7) is -0.0480. The Morgan fingerprint density at radius 2 is 2.30 bits per heavy atom. The number of hydrogen-bond donors (Lipinski definition) is 1. The topological polar surface area (TPSA) is 75.0 Å². The second-order valence-corrected chi connectivity index (χ2v) is 4.19. The van der Waals surface area contributed by atoms with E-state index in [2.05, 4.69) is 10.3 Å². The number of carbonyl (C=O) groups excluding carboxylic acids is 1. The molecule has 6 heteroatoms. The quantitative estimate of drug-likeness (QED) is 0.938. The van der Waals surface area contributed by atoms with Crippen LogP contribution in [0.4, 0.5) is 5.69 Å². The SMILES string of the molecule is N#CCOc1cccc(NC(=O)c2ccncc2Cl)c1. The number of nitrogens with one attached hydrogen (secondary N) is 1. The molecule has 0 aliphatic heterocycles. The lowest BCUT2D eigenvalue weighted by atomic mass is 10.2. The molecule has 1 heterocycles. The minimum Gasteiger partial charge on any atom is -0.479 e. The molecule has 0 radical (unpaired) electrons. The minimum atomic E-state index is -0.338. The zero-order valence-corrected chi connectivity index (χ0v) is 11.1. The smallest absolute Gasteiger partial charge is 0.257 e. The van der Waals surface area contributed by atoms with Crippen molar-refractivity contribution in [2.45, 2.75) is 0 Å². The molecule has 0 bridgehead atoms. The van der Waals surface area contributed by atoms with Crippen LogP contribution in [0.5, 0.6) is 5.75 Å². The molecule has 0 aliphatic carbocycles. The van der Waals surface area contributed by atoms with Crippen LogP contribution in [0, 0.1) is 11.3 Å². The Kier molecular flexibility index (Phi) is 4.53. The highest BCUT2D eigenvalue weighted by Crippen LogP contribution is 2.20. The molecule has 0 unspecified atom stereocenters. The van der Waals surface area contributed by atoms with E-state index in [0.717, 1.165) is 0 Å². The molecular formula is C14H10ClN3O2. The van der Waals surface area contributed by atoms with Gasteiger partial charge in [-0.15, -0.1) is 0 Å². The summed E-state index contributed by atoms with van der Waals surface area (Å²) in [5.41, 5.74) is 0.892. The third kappa shape index (κ3) is 3.46. The molecule has 1 aromatic carbocycles. The number of anilines is 1. The molecule has 0 saturated heterocycles. The number of aromatic nitrogens is 1. The normalized spacial score (nSPS) is 9.60. The summed E-state index contributed by atoms with van der Waals surface area (Å²) in [4.78, 5) is 15.9. The second kappa shape index (κ2) is 6.55. The van der Waals surface area contributed by atoms with Crippen LogP contribution >= 0.6 is 11.6 Å². The lowest BCUT2D eigenvalue weighted by Crippen LogP contribution is -2.12. The molecule has 100 valence electrons. The number of ether oxygens (including phenoxy) is 1. The molecule has 1 N–H and O–H groups in total. The van der Waals surface area contributed by atoms with Gasteiger partial charge >= 0.3 is 0 Å². The second-order valence-electron chi connectivity index (χ2n) is 3.78. The maximum absolute atomic E-state index is 12.0. The van der Waals surface area contributed by atoms with E-state index < -0.39 is 0 Å². The maximum atomic E-state index is 12.0. The third-order valence-electron chi connectivity index (χ3n) is 2.41. The van der Waals surface area contributed by atoms with Crippen LogP contribution in [0.25, 0.3) is 0 Å². The zero-order chi connectivity index (χ0) is 14.4. The van der Waals surface area contributed by atoms with Gasteiger partial charge in [0.15, 0.2) is 6.61 Å². The monoisotopic (exact) mass is 287 g/mol. The molecule has 0 fully saturated rings. The van der Waals surface area contributed by atoms with Gasteiger partial charge in [0.25, 0.3) is 5.91 Å². The van der Waals surface area contributed by atoms with Crippen molar-refractivity contribution in [1.29, 1.82) is 5.26 Å². The standard InChI is InChI=1S/C14H10ClN3O2/c15-13-9-17-6-4-12(13)14(19)18-10-2-1-3-11(8-10)20-7-5-16/h1-4,6,8-9H,7H2,(H,18,19). The molecule has 2 aromatic rings. The van der Waals surface area contributed by atoms with Crippen molar-refractivity contribution < 1.29 is 9.53 Å². The number of nitriles is 1. The highest BCUT2D eigenvalue weighted by Gasteiger charge is 2.10. The molecule has 1 aromatic heterocycles. The number of benzene rings is 1. The summed E-state index contributed by atoms with van der Waals surface area (Å²) < 4.78 is 5.16. The Bertz CT molecular complexity index is 667. The Labute approximate surface area is 120 Å². The highest BCUT2D eigenvalue weighted by molar-refractivity contribution is 6.34. The number of amides is 1. The summed E-state index contributed by atoms with van der Waals surface area (Å²) in [5, 5.41) is 11.4. The van der Waals surface area contributed by atoms with Crippen molar-refractivity contribution in [3.8, 4) is 11.8 Å². The molecule has 0 aliphatic rings. The zero-order valence-electron chi connectivity index (χ0n) is 10.3. The molecule has 20 heavy (non-hydrogen) atoms. The van der Waals surface area contributed by atoms with Crippen LogP contribution in [0.15, 0.2) is 42.7 Å². The Morgan fingerprint density at radius 3 is 3.05 bits per heavy atom. The van der Waals surface area contributed by atoms with E-state index in [9.17, 15) is 4.79 Å². The predicted molar refractivity (Wildman–Crippen MR) is 74.8 cm³/mol. The number of halogens is 1. The highest BCUT2D eigenvalue weighted by atomic mass is 35.5. The predicted octanol–water partition coefficient (Wildman–Crippen LogP) is 2.89. The number of rotatable bonds is 4. The van der Waals surface area contributed by atoms with Gasteiger partial charge in [-0.2, -0.15) is 5.26 Å². The van der Waals surface area contributed by atoms with Gasteiger partial charge in [-0.25, -0.2) is 0 Å². The van der Waals surface area contributed by atoms with Gasteiger partial charge in [0.05, 0.1) is 10.6 Å². The van der Waals surface area contributed by atoms with Gasteiger partial charge in [-0.05, 0) is 18.2 Å². The van der Waals surface area contributed by atoms with E-state index in [1.807, 2.05) is 6.07 Å². The van der Waals surface area contributed by atoms with Gasteiger partial charge in [-0.3, -0.25) is 9.78 Å². The summed E-state index contributed by atoms with van der Waals surface area (Å²) in [5.74, 6) is 0.167. The van der Waals surface area contributed by atoms with Crippen molar-refractivity contribution >= 4 is 23.2 Å². The third-order valence-corrected chi connectivity index (χ3v) is 2.71. The average Bonchev–Trinajstić information content (AvgIpc) is 2.46. The molecule has 0 atom stereocenters. The Hall–Kier alpha value is -2.58. The summed E-state index contributed by atoms with van der Waals surface area (Å²) in [6.07, 6.45) is 2.90. The van der Waals surface area contributed by atoms with Gasteiger partial charge < -0.3 is 10.1 Å². The summed E-state index contributed by atoms with van der Waals surface area (Å²) >= 11 is 5.90. The van der Waals surface area contributed by atoms with E-state index in [4.69, 9.17) is 21.6 Å². The van der Waals surface area contributed by atoms with E-state index in [1.165, 1.54) is 18.5 Å². The van der Waals surface area contributed by atoms with E-state index in [-0.39, 0.29) is 17.5 Å². The number of hydrogen-bond acceptors (Lipinski definition) is 4. The first-order chi connectivity index (χ1) is 9.70. The van der Waals surface area contributed by atoms with Gasteiger partial charge in [0, 0.05) is 24.1 Å². The lowest BCUT2D eigenvalue weighted by molar-refractivity contribution is 0.102. The fourth-order valence-electron chi connectivity index (χ4n) is 1.54. The summed E-state index contributed by atoms with van der Waals surface area (Å²) in [7, 11) is 0. The maximum Gasteiger partial charge on any atom is 0.257 e. The van der Waals surface area contributed by atoms with Gasteiger partial charge in [-0.1, -0.05) is 17.7 Å². The minimum absolute atomic E-state index is 0.0480. The van der Waals surface area contributed by atoms with Gasteiger partial charge in [0.1, 0.15) is 11.8 Å². The van der Waals surface area contributed by atoms with Crippen molar-refractivity contribution in [2.75, 3.05) is 11.9 Å². The van der Waals surface area contributed by atoms with Crippen LogP contribution in [0.3, 0.4) is 0 Å². The first kappa shape index (κ1) is 13.8. The lowest BCUT2D eigenvalue weighted by Gasteiger charge is -2.08. The van der Waals surface area contributed by atoms with Crippen molar-refractivity contribution in [1.82, 2.24) is 4.98 Å². The molecular weight excluding hydrogens is 278 g/mol. The first-order valence-corrected chi connectivity index (χ1v) is 6.09. The van der Waals surface area contributed by atoms with E-state index in [1.54, 1.807) is 24.3 Å². The fraction of sp³-hybridized carbons (Fsp3) is 0.0714. The Balaban J connectivity index is 2.12. The number of carbonyl (C=O) groups is 1. The van der Waals surface area contributed by atoms with Crippen LogP contribution in [0.1, 0.15) is 10.4 Å². The van der Waals surface area contributed by atoms with Crippen molar-refractivity contribution in [3.05, 3.63) is 53.3 Å². The van der Waals surface area contributed by atoms with Crippen LogP contribution in [0.2, 0.25) is 5.02 Å². The fourth-order valence-corrected chi connectivity index (χ4v) is 1.74. The number of nitrogens with zero attached hydrogens (tertiary/aromatic N) is 2. The van der Waals surface area contributed by atoms with Crippen LogP contribution in [-0.4, -0.2) is 17.5 Å². The van der Waals surface area contributed by atoms with Crippen LogP contribution in [-0.2, 0) is 0 Å². The van der Waals surface area contributed by atoms with Gasteiger partial charge in [0.2, 0.25) is 0 Å². The van der Waals surface area contributed by atoms with Crippen molar-refractivity contribution in [3.63, 3.8) is 0 Å². The number of pyridine rings is 1. The largest absolute Gasteiger partial charge is 0.479 e. The molecule has 2 rings (SSSR count). The van der Waals surface area contributed by atoms with E-state index in [0.29, 0.717) is 17.0 Å². The molecule has 1 amide bonds.